The summed E-state index contributed by atoms with van der Waals surface area (Å²) in [5.74, 6) is -0.548. The van der Waals surface area contributed by atoms with Crippen molar-refractivity contribution in [3.05, 3.63) is 0 Å². The summed E-state index contributed by atoms with van der Waals surface area (Å²) in [4.78, 5) is 34.0. The molecule has 1 unspecified atom stereocenters. The molecule has 0 aliphatic heterocycles. The van der Waals surface area contributed by atoms with E-state index in [0.29, 0.717) is 13.0 Å². The van der Waals surface area contributed by atoms with Crippen LogP contribution < -0.4 is 16.0 Å². The van der Waals surface area contributed by atoms with E-state index in [1.165, 1.54) is 6.92 Å². The molecule has 6 heteroatoms. The van der Waals surface area contributed by atoms with Crippen molar-refractivity contribution in [1.82, 2.24) is 16.0 Å². The van der Waals surface area contributed by atoms with E-state index >= 15 is 0 Å². The molecule has 0 heterocycles. The zero-order chi connectivity index (χ0) is 14.1. The Balaban J connectivity index is 4.28. The van der Waals surface area contributed by atoms with Crippen LogP contribution in [0.3, 0.4) is 0 Å². The molecule has 0 saturated heterocycles. The predicted octanol–water partition coefficient (Wildman–Crippen LogP) is -0.210. The van der Waals surface area contributed by atoms with E-state index in [1.54, 1.807) is 6.92 Å². The number of likely N-dealkylation sites (N-methyl/N-ethyl adjacent to an activating group) is 1. The lowest BCUT2D eigenvalue weighted by molar-refractivity contribution is -0.130. The van der Waals surface area contributed by atoms with Crippen molar-refractivity contribution in [3.63, 3.8) is 0 Å². The van der Waals surface area contributed by atoms with Crippen molar-refractivity contribution in [3.8, 4) is 0 Å². The van der Waals surface area contributed by atoms with Crippen LogP contribution in [0.15, 0.2) is 0 Å². The summed E-state index contributed by atoms with van der Waals surface area (Å²) in [6, 6.07) is -0.586. The van der Waals surface area contributed by atoms with Gasteiger partial charge in [0.1, 0.15) is 6.04 Å². The molecule has 104 valence electrons. The Morgan fingerprint density at radius 1 is 1.11 bits per heavy atom. The predicted molar refractivity (Wildman–Crippen MR) is 68.8 cm³/mol. The fraction of sp³-hybridized carbons (Fsp3) is 0.750. The Bertz CT molecular complexity index is 303. The minimum absolute atomic E-state index is 0.0686. The molecule has 0 saturated carbocycles. The molecule has 1 atom stereocenters. The third-order valence-corrected chi connectivity index (χ3v) is 2.20. The van der Waals surface area contributed by atoms with E-state index in [2.05, 4.69) is 16.0 Å². The van der Waals surface area contributed by atoms with Crippen LogP contribution in [0.25, 0.3) is 0 Å². The average molecular weight is 257 g/mol. The summed E-state index contributed by atoms with van der Waals surface area (Å²) in [6.45, 7) is 7.55. The van der Waals surface area contributed by atoms with Gasteiger partial charge in [-0.15, -0.1) is 0 Å². The summed E-state index contributed by atoms with van der Waals surface area (Å²) >= 11 is 0. The zero-order valence-electron chi connectivity index (χ0n) is 11.5. The van der Waals surface area contributed by atoms with Gasteiger partial charge in [-0.25, -0.2) is 0 Å². The largest absolute Gasteiger partial charge is 0.355 e. The third kappa shape index (κ3) is 7.65. The maximum atomic E-state index is 11.8. The van der Waals surface area contributed by atoms with Crippen LogP contribution in [0.5, 0.6) is 0 Å². The number of nitrogens with one attached hydrogen (secondary N) is 3. The van der Waals surface area contributed by atoms with E-state index in [1.807, 2.05) is 13.8 Å². The molecule has 6 nitrogen and oxygen atoms in total. The summed E-state index contributed by atoms with van der Waals surface area (Å²) in [7, 11) is 0. The second kappa shape index (κ2) is 8.49. The molecule has 0 bridgehead atoms. The van der Waals surface area contributed by atoms with Gasteiger partial charge in [0.05, 0.1) is 6.54 Å². The summed E-state index contributed by atoms with van der Waals surface area (Å²) in [5, 5.41) is 7.68. The molecule has 0 aromatic heterocycles. The van der Waals surface area contributed by atoms with Crippen LogP contribution in [0.2, 0.25) is 0 Å². The van der Waals surface area contributed by atoms with E-state index in [4.69, 9.17) is 0 Å². The van der Waals surface area contributed by atoms with E-state index < -0.39 is 6.04 Å². The third-order valence-electron chi connectivity index (χ3n) is 2.20. The Hall–Kier alpha value is -1.59. The van der Waals surface area contributed by atoms with Crippen molar-refractivity contribution < 1.29 is 14.4 Å². The van der Waals surface area contributed by atoms with Crippen molar-refractivity contribution in [2.45, 2.75) is 40.2 Å². The van der Waals surface area contributed by atoms with E-state index in [9.17, 15) is 14.4 Å². The Kier molecular flexibility index (Phi) is 7.74. The minimum atomic E-state index is -0.586. The highest BCUT2D eigenvalue weighted by molar-refractivity contribution is 5.90. The zero-order valence-corrected chi connectivity index (χ0v) is 11.5. The molecule has 0 rings (SSSR count). The van der Waals surface area contributed by atoms with Crippen molar-refractivity contribution in [2.75, 3.05) is 13.1 Å². The van der Waals surface area contributed by atoms with Gasteiger partial charge >= 0.3 is 0 Å². The molecular formula is C12H23N3O3. The van der Waals surface area contributed by atoms with Gasteiger partial charge in [-0.05, 0) is 19.3 Å². The van der Waals surface area contributed by atoms with Gasteiger partial charge in [-0.3, -0.25) is 14.4 Å². The Morgan fingerprint density at radius 3 is 2.17 bits per heavy atom. The van der Waals surface area contributed by atoms with E-state index in [-0.39, 0.29) is 30.2 Å². The van der Waals surface area contributed by atoms with Gasteiger partial charge in [0, 0.05) is 13.5 Å². The molecule has 0 fully saturated rings. The summed E-state index contributed by atoms with van der Waals surface area (Å²) in [6.07, 6.45) is 0.542. The maximum absolute atomic E-state index is 11.8. The van der Waals surface area contributed by atoms with Crippen LogP contribution in [-0.2, 0) is 14.4 Å². The topological polar surface area (TPSA) is 87.3 Å². The van der Waals surface area contributed by atoms with Gasteiger partial charge in [-0.2, -0.15) is 0 Å². The molecule has 0 aliphatic carbocycles. The van der Waals surface area contributed by atoms with Gasteiger partial charge in [0.15, 0.2) is 0 Å². The Morgan fingerprint density at radius 2 is 1.72 bits per heavy atom. The normalized spacial score (nSPS) is 11.8. The van der Waals surface area contributed by atoms with Crippen molar-refractivity contribution >= 4 is 17.7 Å². The number of hydrogen-bond acceptors (Lipinski definition) is 3. The molecule has 0 aliphatic rings. The summed E-state index contributed by atoms with van der Waals surface area (Å²) < 4.78 is 0. The second-order valence-corrected chi connectivity index (χ2v) is 4.55. The standard InChI is InChI=1S/C12H23N3O3/c1-5-13-11(17)7-14-12(18)10(6-8(2)3)15-9(4)16/h8,10H,5-7H2,1-4H3,(H,13,17)(H,14,18)(H,15,16). The van der Waals surface area contributed by atoms with Gasteiger partial charge < -0.3 is 16.0 Å². The fourth-order valence-corrected chi connectivity index (χ4v) is 1.50. The van der Waals surface area contributed by atoms with Crippen molar-refractivity contribution in [2.24, 2.45) is 5.92 Å². The average Bonchev–Trinajstić information content (AvgIpc) is 2.24. The second-order valence-electron chi connectivity index (χ2n) is 4.55. The first-order valence-corrected chi connectivity index (χ1v) is 6.18. The SMILES string of the molecule is CCNC(=O)CNC(=O)C(CC(C)C)NC(C)=O. The van der Waals surface area contributed by atoms with Gasteiger partial charge in [-0.1, -0.05) is 13.8 Å². The molecule has 0 spiro atoms. The highest BCUT2D eigenvalue weighted by Gasteiger charge is 2.20. The lowest BCUT2D eigenvalue weighted by Crippen LogP contribution is -2.49. The minimum Gasteiger partial charge on any atom is -0.355 e. The monoisotopic (exact) mass is 257 g/mol. The molecule has 18 heavy (non-hydrogen) atoms. The molecule has 3 amide bonds. The fourth-order valence-electron chi connectivity index (χ4n) is 1.50. The highest BCUT2D eigenvalue weighted by atomic mass is 16.2. The number of rotatable bonds is 7. The first-order chi connectivity index (χ1) is 8.36. The molecule has 0 aromatic rings. The molecule has 0 aromatic carbocycles. The maximum Gasteiger partial charge on any atom is 0.243 e. The smallest absolute Gasteiger partial charge is 0.243 e. The van der Waals surface area contributed by atoms with Crippen LogP contribution in [0, 0.1) is 5.92 Å². The Labute approximate surface area is 108 Å². The lowest BCUT2D eigenvalue weighted by Gasteiger charge is -2.19. The van der Waals surface area contributed by atoms with Crippen LogP contribution in [-0.4, -0.2) is 36.9 Å². The quantitative estimate of drug-likeness (QED) is 0.590. The first kappa shape index (κ1) is 16.4. The van der Waals surface area contributed by atoms with E-state index in [0.717, 1.165) is 0 Å². The molecule has 0 radical (unpaired) electrons. The highest BCUT2D eigenvalue weighted by Crippen LogP contribution is 2.04. The summed E-state index contributed by atoms with van der Waals surface area (Å²) in [5.41, 5.74) is 0. The number of carbonyl (C=O) groups is 3. The number of hydrogen-bond donors (Lipinski definition) is 3. The van der Waals surface area contributed by atoms with Gasteiger partial charge in [0.2, 0.25) is 17.7 Å². The lowest BCUT2D eigenvalue weighted by atomic mass is 10.0. The van der Waals surface area contributed by atoms with Gasteiger partial charge in [0.25, 0.3) is 0 Å². The molecular weight excluding hydrogens is 234 g/mol. The number of carbonyl (C=O) groups excluding carboxylic acids is 3. The van der Waals surface area contributed by atoms with Crippen molar-refractivity contribution in [1.29, 1.82) is 0 Å². The van der Waals surface area contributed by atoms with Crippen LogP contribution >= 0.6 is 0 Å². The number of amides is 3. The van der Waals surface area contributed by atoms with Crippen LogP contribution in [0.4, 0.5) is 0 Å². The van der Waals surface area contributed by atoms with Crippen LogP contribution in [0.1, 0.15) is 34.1 Å². The molecule has 3 N–H and O–H groups in total. The first-order valence-electron chi connectivity index (χ1n) is 6.18.